The molecule has 0 radical (unpaired) electrons. The summed E-state index contributed by atoms with van der Waals surface area (Å²) in [6.45, 7) is 15.2. The van der Waals surface area contributed by atoms with Crippen molar-refractivity contribution < 1.29 is 0 Å². The van der Waals surface area contributed by atoms with E-state index in [-0.39, 0.29) is 0 Å². The lowest BCUT2D eigenvalue weighted by atomic mass is 9.85. The van der Waals surface area contributed by atoms with Gasteiger partial charge in [-0.05, 0) is 37.8 Å². The molecule has 0 spiro atoms. The van der Waals surface area contributed by atoms with Crippen LogP contribution in [-0.4, -0.2) is 36.6 Å². The van der Waals surface area contributed by atoms with Gasteiger partial charge in [0.1, 0.15) is 0 Å². The predicted octanol–water partition coefficient (Wildman–Crippen LogP) is 4.06. The Hall–Kier alpha value is -0.0800. The van der Waals surface area contributed by atoms with E-state index in [0.717, 1.165) is 12.6 Å². The van der Waals surface area contributed by atoms with E-state index in [1.807, 2.05) is 0 Å². The Balaban J connectivity index is 2.57. The summed E-state index contributed by atoms with van der Waals surface area (Å²) in [6.07, 6.45) is 8.37. The molecule has 2 nitrogen and oxygen atoms in total. The second-order valence-corrected chi connectivity index (χ2v) is 7.25. The van der Waals surface area contributed by atoms with Gasteiger partial charge >= 0.3 is 0 Å². The first-order valence-corrected chi connectivity index (χ1v) is 8.46. The van der Waals surface area contributed by atoms with Crippen LogP contribution in [0.4, 0.5) is 0 Å². The van der Waals surface area contributed by atoms with Crippen molar-refractivity contribution in [3.63, 3.8) is 0 Å². The smallest absolute Gasteiger partial charge is 0.0243 e. The number of likely N-dealkylation sites (N-methyl/N-ethyl adjacent to an activating group) is 1. The van der Waals surface area contributed by atoms with E-state index in [1.54, 1.807) is 0 Å². The first-order chi connectivity index (χ1) is 8.99. The molecule has 0 amide bonds. The van der Waals surface area contributed by atoms with Gasteiger partial charge in [-0.2, -0.15) is 0 Å². The summed E-state index contributed by atoms with van der Waals surface area (Å²) >= 11 is 0. The van der Waals surface area contributed by atoms with Gasteiger partial charge in [-0.3, -0.25) is 4.90 Å². The van der Waals surface area contributed by atoms with Gasteiger partial charge in [-0.25, -0.2) is 0 Å². The molecule has 1 aliphatic rings. The average Bonchev–Trinajstić information content (AvgIpc) is 2.38. The third kappa shape index (κ3) is 5.83. The van der Waals surface area contributed by atoms with Crippen LogP contribution in [0.3, 0.4) is 0 Å². The summed E-state index contributed by atoms with van der Waals surface area (Å²) < 4.78 is 0. The summed E-state index contributed by atoms with van der Waals surface area (Å²) in [4.78, 5) is 2.73. The lowest BCUT2D eigenvalue weighted by Gasteiger charge is -2.40. The molecule has 0 aromatic heterocycles. The first-order valence-electron chi connectivity index (χ1n) is 8.46. The average molecular weight is 268 g/mol. The molecule has 1 saturated carbocycles. The highest BCUT2D eigenvalue weighted by Gasteiger charge is 2.28. The highest BCUT2D eigenvalue weighted by molar-refractivity contribution is 4.86. The first kappa shape index (κ1) is 17.0. The fourth-order valence-electron chi connectivity index (χ4n) is 3.18. The van der Waals surface area contributed by atoms with Crippen molar-refractivity contribution in [3.8, 4) is 0 Å². The zero-order chi connectivity index (χ0) is 14.3. The van der Waals surface area contributed by atoms with E-state index in [9.17, 15) is 0 Å². The molecular formula is C17H36N2. The van der Waals surface area contributed by atoms with Crippen molar-refractivity contribution in [2.45, 2.75) is 85.2 Å². The van der Waals surface area contributed by atoms with E-state index in [0.29, 0.717) is 11.5 Å². The second kappa shape index (κ2) is 8.26. The summed E-state index contributed by atoms with van der Waals surface area (Å²) in [5, 5.41) is 3.77. The lowest BCUT2D eigenvalue weighted by Crippen LogP contribution is -2.51. The Morgan fingerprint density at radius 3 is 2.21 bits per heavy atom. The molecule has 1 unspecified atom stereocenters. The van der Waals surface area contributed by atoms with E-state index in [1.165, 1.54) is 51.6 Å². The van der Waals surface area contributed by atoms with E-state index in [4.69, 9.17) is 0 Å². The highest BCUT2D eigenvalue weighted by Crippen LogP contribution is 2.26. The molecule has 1 aliphatic carbocycles. The highest BCUT2D eigenvalue weighted by atomic mass is 15.2. The standard InChI is InChI=1S/C17H36N2/c1-6-13-18-16(17(3,4)5)14-19(7-2)15-11-9-8-10-12-15/h15-16,18H,6-14H2,1-5H3. The van der Waals surface area contributed by atoms with Gasteiger partial charge in [0.05, 0.1) is 0 Å². The number of hydrogen-bond acceptors (Lipinski definition) is 2. The predicted molar refractivity (Wildman–Crippen MR) is 85.7 cm³/mol. The van der Waals surface area contributed by atoms with Crippen LogP contribution in [0.25, 0.3) is 0 Å². The van der Waals surface area contributed by atoms with Gasteiger partial charge in [0.2, 0.25) is 0 Å². The van der Waals surface area contributed by atoms with Gasteiger partial charge in [0, 0.05) is 18.6 Å². The molecule has 0 aromatic rings. The molecule has 0 aromatic carbocycles. The fourth-order valence-corrected chi connectivity index (χ4v) is 3.18. The zero-order valence-electron chi connectivity index (χ0n) is 14.0. The monoisotopic (exact) mass is 268 g/mol. The summed E-state index contributed by atoms with van der Waals surface area (Å²) in [5.41, 5.74) is 0.345. The Morgan fingerprint density at radius 1 is 1.11 bits per heavy atom. The maximum Gasteiger partial charge on any atom is 0.0243 e. The minimum Gasteiger partial charge on any atom is -0.312 e. The zero-order valence-corrected chi connectivity index (χ0v) is 14.0. The Labute approximate surface area is 121 Å². The summed E-state index contributed by atoms with van der Waals surface area (Å²) in [6, 6.07) is 1.45. The Bertz CT molecular complexity index is 226. The van der Waals surface area contributed by atoms with Crippen LogP contribution in [0.15, 0.2) is 0 Å². The van der Waals surface area contributed by atoms with Crippen LogP contribution < -0.4 is 5.32 Å². The number of hydrogen-bond donors (Lipinski definition) is 1. The van der Waals surface area contributed by atoms with Crippen molar-refractivity contribution >= 4 is 0 Å². The van der Waals surface area contributed by atoms with Crippen LogP contribution in [-0.2, 0) is 0 Å². The van der Waals surface area contributed by atoms with Crippen LogP contribution in [0, 0.1) is 5.41 Å². The van der Waals surface area contributed by atoms with Crippen molar-refractivity contribution in [1.29, 1.82) is 0 Å². The molecule has 19 heavy (non-hydrogen) atoms. The van der Waals surface area contributed by atoms with Gasteiger partial charge in [-0.1, -0.05) is 53.9 Å². The van der Waals surface area contributed by atoms with Crippen molar-refractivity contribution in [3.05, 3.63) is 0 Å². The van der Waals surface area contributed by atoms with Crippen LogP contribution in [0.2, 0.25) is 0 Å². The molecule has 1 rings (SSSR count). The third-order valence-electron chi connectivity index (χ3n) is 4.60. The second-order valence-electron chi connectivity index (χ2n) is 7.25. The minimum absolute atomic E-state index is 0.345. The third-order valence-corrected chi connectivity index (χ3v) is 4.60. The molecule has 0 bridgehead atoms. The topological polar surface area (TPSA) is 15.3 Å². The number of nitrogens with one attached hydrogen (secondary N) is 1. The van der Waals surface area contributed by atoms with Crippen molar-refractivity contribution in [2.75, 3.05) is 19.6 Å². The van der Waals surface area contributed by atoms with Crippen molar-refractivity contribution in [2.24, 2.45) is 5.41 Å². The summed E-state index contributed by atoms with van der Waals surface area (Å²) in [7, 11) is 0. The number of nitrogens with zero attached hydrogens (tertiary/aromatic N) is 1. The molecule has 1 fully saturated rings. The maximum absolute atomic E-state index is 3.77. The molecule has 0 heterocycles. The number of rotatable bonds is 7. The maximum atomic E-state index is 3.77. The van der Waals surface area contributed by atoms with E-state index in [2.05, 4.69) is 44.8 Å². The van der Waals surface area contributed by atoms with Crippen LogP contribution in [0.1, 0.15) is 73.1 Å². The van der Waals surface area contributed by atoms with Gasteiger partial charge in [0.25, 0.3) is 0 Å². The normalized spacial score (nSPS) is 19.9. The molecule has 114 valence electrons. The fraction of sp³-hybridized carbons (Fsp3) is 1.00. The molecule has 0 saturated heterocycles. The van der Waals surface area contributed by atoms with Gasteiger partial charge < -0.3 is 5.32 Å². The molecule has 1 atom stereocenters. The van der Waals surface area contributed by atoms with E-state index >= 15 is 0 Å². The quantitative estimate of drug-likeness (QED) is 0.749. The minimum atomic E-state index is 0.345. The summed E-state index contributed by atoms with van der Waals surface area (Å²) in [5.74, 6) is 0. The van der Waals surface area contributed by atoms with Gasteiger partial charge in [-0.15, -0.1) is 0 Å². The SMILES string of the molecule is CCCNC(CN(CC)C1CCCCC1)C(C)(C)C. The largest absolute Gasteiger partial charge is 0.312 e. The molecule has 2 heteroatoms. The Kier molecular flexibility index (Phi) is 7.38. The Morgan fingerprint density at radius 2 is 1.74 bits per heavy atom. The van der Waals surface area contributed by atoms with Crippen molar-refractivity contribution in [1.82, 2.24) is 10.2 Å². The molecule has 1 N–H and O–H groups in total. The van der Waals surface area contributed by atoms with Crippen LogP contribution in [0.5, 0.6) is 0 Å². The van der Waals surface area contributed by atoms with Crippen LogP contribution >= 0.6 is 0 Å². The molecule has 0 aliphatic heterocycles. The molecular weight excluding hydrogens is 232 g/mol. The van der Waals surface area contributed by atoms with Gasteiger partial charge in [0.15, 0.2) is 0 Å². The lowest BCUT2D eigenvalue weighted by molar-refractivity contribution is 0.116. The van der Waals surface area contributed by atoms with E-state index < -0.39 is 0 Å².